The Morgan fingerprint density at radius 3 is 2.92 bits per heavy atom. The molecule has 1 aromatic rings. The minimum absolute atomic E-state index is 0.709. The van der Waals surface area contributed by atoms with Gasteiger partial charge >= 0.3 is 0 Å². The largest absolute Gasteiger partial charge is 0.469 e. The van der Waals surface area contributed by atoms with Gasteiger partial charge in [-0.25, -0.2) is 0 Å². The van der Waals surface area contributed by atoms with Gasteiger partial charge in [-0.15, -0.1) is 0 Å². The first-order valence-electron chi connectivity index (χ1n) is 5.03. The zero-order valence-corrected chi connectivity index (χ0v) is 8.55. The van der Waals surface area contributed by atoms with Crippen molar-refractivity contribution < 1.29 is 4.42 Å². The molecular formula is C11H19NO. The molecule has 13 heavy (non-hydrogen) atoms. The van der Waals surface area contributed by atoms with Crippen molar-refractivity contribution in [3.05, 3.63) is 24.2 Å². The molecule has 1 aromatic heterocycles. The highest BCUT2D eigenvalue weighted by Gasteiger charge is 2.08. The highest BCUT2D eigenvalue weighted by molar-refractivity contribution is 4.99. The number of nitrogens with one attached hydrogen (secondary N) is 1. The molecule has 0 amide bonds. The summed E-state index contributed by atoms with van der Waals surface area (Å²) >= 11 is 0. The van der Waals surface area contributed by atoms with Crippen molar-refractivity contribution >= 4 is 0 Å². The summed E-state index contributed by atoms with van der Waals surface area (Å²) in [6.45, 7) is 3.30. The van der Waals surface area contributed by atoms with Crippen molar-refractivity contribution in [2.24, 2.45) is 5.92 Å². The van der Waals surface area contributed by atoms with E-state index in [9.17, 15) is 0 Å². The molecule has 0 saturated heterocycles. The van der Waals surface area contributed by atoms with Gasteiger partial charge in [0.2, 0.25) is 0 Å². The van der Waals surface area contributed by atoms with Crippen LogP contribution < -0.4 is 5.32 Å². The molecule has 0 aliphatic carbocycles. The van der Waals surface area contributed by atoms with Crippen LogP contribution in [-0.4, -0.2) is 13.6 Å². The molecule has 0 radical (unpaired) electrons. The van der Waals surface area contributed by atoms with E-state index in [0.717, 1.165) is 18.7 Å². The average Bonchev–Trinajstić information content (AvgIpc) is 2.58. The molecule has 0 aromatic carbocycles. The predicted octanol–water partition coefficient (Wildman–Crippen LogP) is 2.46. The van der Waals surface area contributed by atoms with E-state index < -0.39 is 0 Å². The molecule has 1 atom stereocenters. The topological polar surface area (TPSA) is 25.2 Å². The summed E-state index contributed by atoms with van der Waals surface area (Å²) in [6, 6.07) is 4.01. The van der Waals surface area contributed by atoms with E-state index in [4.69, 9.17) is 4.42 Å². The van der Waals surface area contributed by atoms with Gasteiger partial charge < -0.3 is 9.73 Å². The zero-order valence-electron chi connectivity index (χ0n) is 8.55. The Kier molecular flexibility index (Phi) is 4.61. The third-order valence-electron chi connectivity index (χ3n) is 2.26. The standard InChI is InChI=1S/C11H19NO/c1-3-5-10(9-12-2)8-11-6-4-7-13-11/h4,6-7,10,12H,3,5,8-9H2,1-2H3. The van der Waals surface area contributed by atoms with Crippen molar-refractivity contribution in [1.29, 1.82) is 0 Å². The minimum Gasteiger partial charge on any atom is -0.469 e. The quantitative estimate of drug-likeness (QED) is 0.729. The molecule has 2 nitrogen and oxygen atoms in total. The fourth-order valence-electron chi connectivity index (χ4n) is 1.69. The molecule has 0 fully saturated rings. The number of hydrogen-bond acceptors (Lipinski definition) is 2. The van der Waals surface area contributed by atoms with E-state index in [1.54, 1.807) is 6.26 Å². The highest BCUT2D eigenvalue weighted by Crippen LogP contribution is 2.13. The first-order chi connectivity index (χ1) is 6.36. The maximum atomic E-state index is 5.33. The summed E-state index contributed by atoms with van der Waals surface area (Å²) in [5.41, 5.74) is 0. The third kappa shape index (κ3) is 3.64. The second-order valence-electron chi connectivity index (χ2n) is 3.50. The van der Waals surface area contributed by atoms with Gasteiger partial charge in [-0.2, -0.15) is 0 Å². The van der Waals surface area contributed by atoms with Crippen LogP contribution >= 0.6 is 0 Å². The Morgan fingerprint density at radius 2 is 2.38 bits per heavy atom. The van der Waals surface area contributed by atoms with Gasteiger partial charge in [-0.1, -0.05) is 13.3 Å². The molecule has 1 unspecified atom stereocenters. The fourth-order valence-corrected chi connectivity index (χ4v) is 1.69. The lowest BCUT2D eigenvalue weighted by molar-refractivity contribution is 0.404. The average molecular weight is 181 g/mol. The maximum absolute atomic E-state index is 5.33. The van der Waals surface area contributed by atoms with Crippen LogP contribution in [0.4, 0.5) is 0 Å². The van der Waals surface area contributed by atoms with E-state index in [1.807, 2.05) is 13.1 Å². The van der Waals surface area contributed by atoms with Gasteiger partial charge in [-0.3, -0.25) is 0 Å². The van der Waals surface area contributed by atoms with Crippen LogP contribution in [-0.2, 0) is 6.42 Å². The van der Waals surface area contributed by atoms with Crippen LogP contribution in [0, 0.1) is 5.92 Å². The molecule has 1 N–H and O–H groups in total. The Morgan fingerprint density at radius 1 is 1.54 bits per heavy atom. The van der Waals surface area contributed by atoms with E-state index in [1.165, 1.54) is 12.8 Å². The third-order valence-corrected chi connectivity index (χ3v) is 2.26. The minimum atomic E-state index is 0.709. The van der Waals surface area contributed by atoms with Crippen LogP contribution in [0.5, 0.6) is 0 Å². The van der Waals surface area contributed by atoms with Gasteiger partial charge in [0, 0.05) is 6.42 Å². The molecule has 0 bridgehead atoms. The number of hydrogen-bond donors (Lipinski definition) is 1. The fraction of sp³-hybridized carbons (Fsp3) is 0.636. The van der Waals surface area contributed by atoms with Crippen molar-refractivity contribution in [3.63, 3.8) is 0 Å². The molecule has 74 valence electrons. The monoisotopic (exact) mass is 181 g/mol. The van der Waals surface area contributed by atoms with Gasteiger partial charge in [0.05, 0.1) is 6.26 Å². The Labute approximate surface area is 80.3 Å². The van der Waals surface area contributed by atoms with E-state index in [0.29, 0.717) is 5.92 Å². The first-order valence-corrected chi connectivity index (χ1v) is 5.03. The van der Waals surface area contributed by atoms with Crippen molar-refractivity contribution in [2.75, 3.05) is 13.6 Å². The van der Waals surface area contributed by atoms with Gasteiger partial charge in [0.1, 0.15) is 5.76 Å². The molecule has 1 heterocycles. The highest BCUT2D eigenvalue weighted by atomic mass is 16.3. The van der Waals surface area contributed by atoms with Gasteiger partial charge in [0.25, 0.3) is 0 Å². The number of furan rings is 1. The summed E-state index contributed by atoms with van der Waals surface area (Å²) in [7, 11) is 2.00. The SMILES string of the molecule is CCCC(CNC)Cc1ccco1. The molecule has 1 rings (SSSR count). The van der Waals surface area contributed by atoms with Gasteiger partial charge in [0.15, 0.2) is 0 Å². The molecule has 2 heteroatoms. The second-order valence-corrected chi connectivity index (χ2v) is 3.50. The van der Waals surface area contributed by atoms with E-state index >= 15 is 0 Å². The van der Waals surface area contributed by atoms with Crippen LogP contribution in [0.25, 0.3) is 0 Å². The Balaban J connectivity index is 2.37. The van der Waals surface area contributed by atoms with Crippen LogP contribution in [0.2, 0.25) is 0 Å². The number of rotatable bonds is 6. The lowest BCUT2D eigenvalue weighted by Gasteiger charge is -2.13. The molecule has 0 aliphatic heterocycles. The molecule has 0 spiro atoms. The van der Waals surface area contributed by atoms with E-state index in [-0.39, 0.29) is 0 Å². The summed E-state index contributed by atoms with van der Waals surface area (Å²) < 4.78 is 5.33. The predicted molar refractivity (Wildman–Crippen MR) is 54.7 cm³/mol. The van der Waals surface area contributed by atoms with Crippen LogP contribution in [0.3, 0.4) is 0 Å². The normalized spacial score (nSPS) is 13.1. The van der Waals surface area contributed by atoms with Gasteiger partial charge in [-0.05, 0) is 38.1 Å². The summed E-state index contributed by atoms with van der Waals surface area (Å²) in [5.74, 6) is 1.81. The summed E-state index contributed by atoms with van der Waals surface area (Å²) in [5, 5.41) is 3.22. The Bertz CT molecular complexity index is 200. The Hall–Kier alpha value is -0.760. The lowest BCUT2D eigenvalue weighted by atomic mass is 9.98. The maximum Gasteiger partial charge on any atom is 0.104 e. The smallest absolute Gasteiger partial charge is 0.104 e. The van der Waals surface area contributed by atoms with E-state index in [2.05, 4.69) is 18.3 Å². The van der Waals surface area contributed by atoms with Crippen LogP contribution in [0.15, 0.2) is 22.8 Å². The van der Waals surface area contributed by atoms with Crippen LogP contribution in [0.1, 0.15) is 25.5 Å². The van der Waals surface area contributed by atoms with Crippen molar-refractivity contribution in [1.82, 2.24) is 5.32 Å². The molecule has 0 aliphatic rings. The van der Waals surface area contributed by atoms with Crippen molar-refractivity contribution in [2.45, 2.75) is 26.2 Å². The molecular weight excluding hydrogens is 162 g/mol. The summed E-state index contributed by atoms with van der Waals surface area (Å²) in [4.78, 5) is 0. The summed E-state index contributed by atoms with van der Waals surface area (Å²) in [6.07, 6.45) is 5.31. The molecule has 0 saturated carbocycles. The second kappa shape index (κ2) is 5.81. The zero-order chi connectivity index (χ0) is 9.52. The first kappa shape index (κ1) is 10.3. The van der Waals surface area contributed by atoms with Crippen molar-refractivity contribution in [3.8, 4) is 0 Å². The lowest BCUT2D eigenvalue weighted by Crippen LogP contribution is -2.20.